The van der Waals surface area contributed by atoms with Crippen LogP contribution in [0.3, 0.4) is 0 Å². The molecule has 0 saturated heterocycles. The van der Waals surface area contributed by atoms with Gasteiger partial charge in [-0.2, -0.15) is 5.10 Å². The molecule has 0 unspecified atom stereocenters. The highest BCUT2D eigenvalue weighted by molar-refractivity contribution is 5.95. The molecular weight excluding hydrogens is 340 g/mol. The largest absolute Gasteiger partial charge is 0.486 e. The summed E-state index contributed by atoms with van der Waals surface area (Å²) >= 11 is 0. The van der Waals surface area contributed by atoms with Crippen LogP contribution in [-0.2, 0) is 20.2 Å². The fourth-order valence-electron chi connectivity index (χ4n) is 2.46. The summed E-state index contributed by atoms with van der Waals surface area (Å²) in [6.45, 7) is 0.327. The van der Waals surface area contributed by atoms with Gasteiger partial charge in [-0.3, -0.25) is 9.48 Å². The molecule has 0 aliphatic rings. The van der Waals surface area contributed by atoms with Crippen molar-refractivity contribution < 1.29 is 18.3 Å². The van der Waals surface area contributed by atoms with Crippen LogP contribution in [0, 0.1) is 11.6 Å². The zero-order valence-electron chi connectivity index (χ0n) is 14.1. The Morgan fingerprint density at radius 1 is 1.23 bits per heavy atom. The third-order valence-corrected chi connectivity index (χ3v) is 3.75. The van der Waals surface area contributed by atoms with Gasteiger partial charge in [0.1, 0.15) is 12.4 Å². The molecule has 0 atom stereocenters. The maximum atomic E-state index is 13.7. The van der Waals surface area contributed by atoms with Gasteiger partial charge in [0, 0.05) is 42.5 Å². The molecule has 134 valence electrons. The molecule has 5 nitrogen and oxygen atoms in total. The van der Waals surface area contributed by atoms with E-state index in [-0.39, 0.29) is 18.3 Å². The summed E-state index contributed by atoms with van der Waals surface area (Å²) < 4.78 is 33.7. The lowest BCUT2D eigenvalue weighted by Crippen LogP contribution is -2.24. The number of nitrogens with one attached hydrogen (secondary N) is 1. The zero-order chi connectivity index (χ0) is 18.5. The highest BCUT2D eigenvalue weighted by atomic mass is 19.1. The summed E-state index contributed by atoms with van der Waals surface area (Å²) in [6, 6.07) is 9.97. The van der Waals surface area contributed by atoms with Crippen molar-refractivity contribution in [3.05, 3.63) is 83.2 Å². The number of hydrogen-bond acceptors (Lipinski definition) is 3. The second kappa shape index (κ2) is 7.77. The molecule has 0 spiro atoms. The summed E-state index contributed by atoms with van der Waals surface area (Å²) in [7, 11) is 1.80. The Kier molecular flexibility index (Phi) is 5.26. The molecule has 1 aromatic heterocycles. The maximum absolute atomic E-state index is 13.7. The quantitative estimate of drug-likeness (QED) is 0.737. The van der Waals surface area contributed by atoms with E-state index >= 15 is 0 Å². The number of amides is 1. The standard InChI is InChI=1S/C19H17F2N3O2/c1-24-11-13(10-23-24)9-22-19(25)16-5-3-2-4-14(16)12-26-18-7-6-15(20)8-17(18)21/h2-8,10-11H,9,12H2,1H3,(H,22,25). The predicted molar refractivity (Wildman–Crippen MR) is 91.5 cm³/mol. The van der Waals surface area contributed by atoms with Gasteiger partial charge in [-0.25, -0.2) is 8.78 Å². The minimum absolute atomic E-state index is 0.0148. The van der Waals surface area contributed by atoms with Gasteiger partial charge in [0.15, 0.2) is 11.6 Å². The number of nitrogens with zero attached hydrogens (tertiary/aromatic N) is 2. The third-order valence-electron chi connectivity index (χ3n) is 3.75. The average Bonchev–Trinajstić information content (AvgIpc) is 3.04. The number of ether oxygens (including phenoxy) is 1. The van der Waals surface area contributed by atoms with E-state index in [2.05, 4.69) is 10.4 Å². The Labute approximate surface area is 149 Å². The van der Waals surface area contributed by atoms with Crippen molar-refractivity contribution in [2.75, 3.05) is 0 Å². The molecule has 7 heteroatoms. The van der Waals surface area contributed by atoms with E-state index < -0.39 is 11.6 Å². The molecule has 0 saturated carbocycles. The Morgan fingerprint density at radius 2 is 2.04 bits per heavy atom. The van der Waals surface area contributed by atoms with Crippen molar-refractivity contribution >= 4 is 5.91 Å². The molecule has 0 aliphatic heterocycles. The molecule has 1 N–H and O–H groups in total. The number of halogens is 2. The van der Waals surface area contributed by atoms with E-state index in [1.165, 1.54) is 6.07 Å². The highest BCUT2D eigenvalue weighted by Crippen LogP contribution is 2.20. The van der Waals surface area contributed by atoms with Gasteiger partial charge in [0.25, 0.3) is 5.91 Å². The van der Waals surface area contributed by atoms with Crippen LogP contribution in [0.25, 0.3) is 0 Å². The first kappa shape index (κ1) is 17.6. The molecule has 26 heavy (non-hydrogen) atoms. The fraction of sp³-hybridized carbons (Fsp3) is 0.158. The Bertz CT molecular complexity index is 925. The highest BCUT2D eigenvalue weighted by Gasteiger charge is 2.13. The van der Waals surface area contributed by atoms with Crippen LogP contribution in [0.4, 0.5) is 8.78 Å². The number of hydrogen-bond donors (Lipinski definition) is 1. The van der Waals surface area contributed by atoms with Crippen molar-refractivity contribution in [2.24, 2.45) is 7.05 Å². The molecule has 1 amide bonds. The summed E-state index contributed by atoms with van der Waals surface area (Å²) in [5, 5.41) is 6.86. The SMILES string of the molecule is Cn1cc(CNC(=O)c2ccccc2COc2ccc(F)cc2F)cn1. The van der Waals surface area contributed by atoms with Gasteiger partial charge in [-0.15, -0.1) is 0 Å². The number of aryl methyl sites for hydroxylation is 1. The first-order chi connectivity index (χ1) is 12.5. The molecule has 0 bridgehead atoms. The number of aromatic nitrogens is 2. The second-order valence-electron chi connectivity index (χ2n) is 5.73. The predicted octanol–water partition coefficient (Wildman–Crippen LogP) is 3.21. The van der Waals surface area contributed by atoms with Crippen LogP contribution in [0.1, 0.15) is 21.5 Å². The van der Waals surface area contributed by atoms with Crippen LogP contribution in [-0.4, -0.2) is 15.7 Å². The number of carbonyl (C=O) groups excluding carboxylic acids is 1. The van der Waals surface area contributed by atoms with E-state index in [1.807, 2.05) is 6.20 Å². The van der Waals surface area contributed by atoms with E-state index in [0.29, 0.717) is 17.7 Å². The lowest BCUT2D eigenvalue weighted by Gasteiger charge is -2.11. The zero-order valence-corrected chi connectivity index (χ0v) is 14.1. The molecule has 0 fully saturated rings. The van der Waals surface area contributed by atoms with Gasteiger partial charge < -0.3 is 10.1 Å². The molecule has 2 aromatic carbocycles. The van der Waals surface area contributed by atoms with Gasteiger partial charge in [0.2, 0.25) is 0 Å². The minimum atomic E-state index is -0.788. The van der Waals surface area contributed by atoms with Gasteiger partial charge in [-0.05, 0) is 18.2 Å². The van der Waals surface area contributed by atoms with E-state index in [0.717, 1.165) is 17.7 Å². The van der Waals surface area contributed by atoms with Crippen molar-refractivity contribution in [3.63, 3.8) is 0 Å². The normalized spacial score (nSPS) is 10.6. The average molecular weight is 357 g/mol. The van der Waals surface area contributed by atoms with Gasteiger partial charge >= 0.3 is 0 Å². The second-order valence-corrected chi connectivity index (χ2v) is 5.73. The van der Waals surface area contributed by atoms with Crippen LogP contribution in [0.15, 0.2) is 54.9 Å². The molecule has 3 aromatic rings. The molecular formula is C19H17F2N3O2. The molecule has 0 aliphatic carbocycles. The summed E-state index contributed by atoms with van der Waals surface area (Å²) in [5.41, 5.74) is 1.90. The Morgan fingerprint density at radius 3 is 2.77 bits per heavy atom. The van der Waals surface area contributed by atoms with E-state index in [4.69, 9.17) is 4.74 Å². The first-order valence-corrected chi connectivity index (χ1v) is 7.94. The van der Waals surface area contributed by atoms with Crippen LogP contribution in [0.2, 0.25) is 0 Å². The van der Waals surface area contributed by atoms with Crippen LogP contribution >= 0.6 is 0 Å². The van der Waals surface area contributed by atoms with Gasteiger partial charge in [0.05, 0.1) is 6.20 Å². The van der Waals surface area contributed by atoms with Crippen LogP contribution in [0.5, 0.6) is 5.75 Å². The van der Waals surface area contributed by atoms with Gasteiger partial charge in [-0.1, -0.05) is 18.2 Å². The number of carbonyl (C=O) groups is 1. The van der Waals surface area contributed by atoms with Crippen molar-refractivity contribution in [3.8, 4) is 5.75 Å². The topological polar surface area (TPSA) is 56.2 Å². The molecule has 3 rings (SSSR count). The van der Waals surface area contributed by atoms with Crippen molar-refractivity contribution in [2.45, 2.75) is 13.2 Å². The van der Waals surface area contributed by atoms with E-state index in [9.17, 15) is 13.6 Å². The summed E-state index contributed by atoms with van der Waals surface area (Å²) in [5.74, 6) is -1.81. The summed E-state index contributed by atoms with van der Waals surface area (Å²) in [6.07, 6.45) is 3.49. The maximum Gasteiger partial charge on any atom is 0.251 e. The number of rotatable bonds is 6. The molecule has 0 radical (unpaired) electrons. The Balaban J connectivity index is 1.68. The Hall–Kier alpha value is -3.22. The minimum Gasteiger partial charge on any atom is -0.486 e. The van der Waals surface area contributed by atoms with Crippen LogP contribution < -0.4 is 10.1 Å². The van der Waals surface area contributed by atoms with Crippen molar-refractivity contribution in [1.29, 1.82) is 0 Å². The summed E-state index contributed by atoms with van der Waals surface area (Å²) in [4.78, 5) is 12.5. The van der Waals surface area contributed by atoms with E-state index in [1.54, 1.807) is 42.2 Å². The molecule has 1 heterocycles. The lowest BCUT2D eigenvalue weighted by atomic mass is 10.1. The fourth-order valence-corrected chi connectivity index (χ4v) is 2.46. The lowest BCUT2D eigenvalue weighted by molar-refractivity contribution is 0.0948. The smallest absolute Gasteiger partial charge is 0.251 e. The monoisotopic (exact) mass is 357 g/mol. The van der Waals surface area contributed by atoms with Crippen molar-refractivity contribution in [1.82, 2.24) is 15.1 Å². The third kappa shape index (κ3) is 4.24. The first-order valence-electron chi connectivity index (χ1n) is 7.94. The number of benzene rings is 2.